The van der Waals surface area contributed by atoms with Crippen molar-refractivity contribution in [2.24, 2.45) is 0 Å². The lowest BCUT2D eigenvalue weighted by atomic mass is 9.88. The summed E-state index contributed by atoms with van der Waals surface area (Å²) in [5.74, 6) is -0.771. The molecule has 0 spiro atoms. The van der Waals surface area contributed by atoms with Gasteiger partial charge >= 0.3 is 12.1 Å². The van der Waals surface area contributed by atoms with Crippen molar-refractivity contribution in [1.82, 2.24) is 10.6 Å². The van der Waals surface area contributed by atoms with Gasteiger partial charge in [0.05, 0.1) is 6.04 Å². The zero-order chi connectivity index (χ0) is 20.6. The van der Waals surface area contributed by atoms with E-state index in [1.54, 1.807) is 20.8 Å². The Balaban J connectivity index is 1.63. The maximum atomic E-state index is 12.1. The average Bonchev–Trinajstić information content (AvgIpc) is 2.62. The Kier molecular flexibility index (Phi) is 7.84. The average molecular weight is 390 g/mol. The van der Waals surface area contributed by atoms with Crippen LogP contribution in [-0.4, -0.2) is 36.7 Å². The fraction of sp³-hybridized carbons (Fsp3) is 0.571. The molecule has 0 unspecified atom stereocenters. The summed E-state index contributed by atoms with van der Waals surface area (Å²) in [6.45, 7) is 5.34. The SMILES string of the molecule is CC(C)(C)OC(=O)NCCCC(=O)OCC(=O)N[C@H]1CCCc2ccccc21. The molecule has 28 heavy (non-hydrogen) atoms. The Morgan fingerprint density at radius 2 is 1.93 bits per heavy atom. The van der Waals surface area contributed by atoms with Crippen LogP contribution >= 0.6 is 0 Å². The predicted octanol–water partition coefficient (Wildman–Crippen LogP) is 3.03. The van der Waals surface area contributed by atoms with Crippen molar-refractivity contribution in [3.63, 3.8) is 0 Å². The molecule has 2 rings (SSSR count). The molecule has 0 aliphatic heterocycles. The van der Waals surface area contributed by atoms with Gasteiger partial charge in [0, 0.05) is 13.0 Å². The minimum Gasteiger partial charge on any atom is -0.456 e. The topological polar surface area (TPSA) is 93.7 Å². The van der Waals surface area contributed by atoms with E-state index in [4.69, 9.17) is 9.47 Å². The second-order valence-electron chi connectivity index (χ2n) is 7.90. The highest BCUT2D eigenvalue weighted by Crippen LogP contribution is 2.29. The molecule has 0 saturated carbocycles. The van der Waals surface area contributed by atoms with Crippen molar-refractivity contribution in [2.75, 3.05) is 13.2 Å². The summed E-state index contributed by atoms with van der Waals surface area (Å²) in [6, 6.07) is 8.05. The summed E-state index contributed by atoms with van der Waals surface area (Å²) >= 11 is 0. The molecule has 0 heterocycles. The number of nitrogens with one attached hydrogen (secondary N) is 2. The maximum Gasteiger partial charge on any atom is 0.407 e. The second-order valence-corrected chi connectivity index (χ2v) is 7.90. The number of rotatable bonds is 7. The van der Waals surface area contributed by atoms with E-state index in [9.17, 15) is 14.4 Å². The first-order valence-corrected chi connectivity index (χ1v) is 9.74. The molecular formula is C21H30N2O5. The van der Waals surface area contributed by atoms with Crippen molar-refractivity contribution in [2.45, 2.75) is 64.5 Å². The van der Waals surface area contributed by atoms with Crippen LogP contribution in [0.5, 0.6) is 0 Å². The highest BCUT2D eigenvalue weighted by molar-refractivity contribution is 5.81. The third-order valence-corrected chi connectivity index (χ3v) is 4.29. The lowest BCUT2D eigenvalue weighted by Gasteiger charge is -2.26. The number of fused-ring (bicyclic) bond motifs is 1. The van der Waals surface area contributed by atoms with E-state index in [1.807, 2.05) is 18.2 Å². The number of amides is 2. The number of alkyl carbamates (subject to hydrolysis) is 1. The van der Waals surface area contributed by atoms with Gasteiger partial charge in [0.25, 0.3) is 5.91 Å². The first-order valence-electron chi connectivity index (χ1n) is 9.74. The number of aryl methyl sites for hydroxylation is 1. The molecule has 2 amide bonds. The first-order chi connectivity index (χ1) is 13.2. The van der Waals surface area contributed by atoms with E-state index in [0.717, 1.165) is 24.8 Å². The van der Waals surface area contributed by atoms with Gasteiger partial charge in [0.15, 0.2) is 6.61 Å². The molecule has 0 saturated heterocycles. The van der Waals surface area contributed by atoms with Gasteiger partial charge in [-0.3, -0.25) is 9.59 Å². The van der Waals surface area contributed by atoms with Gasteiger partial charge in [-0.1, -0.05) is 24.3 Å². The van der Waals surface area contributed by atoms with Crippen LogP contribution in [0.3, 0.4) is 0 Å². The van der Waals surface area contributed by atoms with Gasteiger partial charge in [0.1, 0.15) is 5.60 Å². The zero-order valence-electron chi connectivity index (χ0n) is 16.9. The van der Waals surface area contributed by atoms with Crippen LogP contribution < -0.4 is 10.6 Å². The fourth-order valence-electron chi connectivity index (χ4n) is 3.10. The van der Waals surface area contributed by atoms with Gasteiger partial charge in [-0.15, -0.1) is 0 Å². The Labute approximate surface area is 166 Å². The monoisotopic (exact) mass is 390 g/mol. The molecular weight excluding hydrogens is 360 g/mol. The van der Waals surface area contributed by atoms with Crippen molar-refractivity contribution in [3.05, 3.63) is 35.4 Å². The highest BCUT2D eigenvalue weighted by Gasteiger charge is 2.21. The normalized spacial score (nSPS) is 15.9. The van der Waals surface area contributed by atoms with E-state index in [2.05, 4.69) is 16.7 Å². The molecule has 0 radical (unpaired) electrons. The molecule has 0 fully saturated rings. The number of hydrogen-bond donors (Lipinski definition) is 2. The van der Waals surface area contributed by atoms with Gasteiger partial charge < -0.3 is 20.1 Å². The van der Waals surface area contributed by atoms with Crippen LogP contribution in [0.25, 0.3) is 0 Å². The van der Waals surface area contributed by atoms with E-state index < -0.39 is 17.7 Å². The molecule has 1 aromatic carbocycles. The molecule has 1 atom stereocenters. The van der Waals surface area contributed by atoms with Crippen LogP contribution in [0.4, 0.5) is 4.79 Å². The number of esters is 1. The van der Waals surface area contributed by atoms with Crippen LogP contribution in [0, 0.1) is 0 Å². The van der Waals surface area contributed by atoms with Crippen molar-refractivity contribution in [1.29, 1.82) is 0 Å². The van der Waals surface area contributed by atoms with Gasteiger partial charge in [0.2, 0.25) is 0 Å². The van der Waals surface area contributed by atoms with Gasteiger partial charge in [-0.2, -0.15) is 0 Å². The van der Waals surface area contributed by atoms with Crippen LogP contribution in [-0.2, 0) is 25.5 Å². The molecule has 7 nitrogen and oxygen atoms in total. The minimum atomic E-state index is -0.560. The fourth-order valence-corrected chi connectivity index (χ4v) is 3.10. The molecule has 1 aliphatic carbocycles. The zero-order valence-corrected chi connectivity index (χ0v) is 16.9. The summed E-state index contributed by atoms with van der Waals surface area (Å²) in [4.78, 5) is 35.4. The molecule has 0 bridgehead atoms. The minimum absolute atomic E-state index is 0.0332. The number of carbonyl (C=O) groups excluding carboxylic acids is 3. The van der Waals surface area contributed by atoms with E-state index >= 15 is 0 Å². The quantitative estimate of drug-likeness (QED) is 0.551. The Morgan fingerprint density at radius 3 is 2.68 bits per heavy atom. The van der Waals surface area contributed by atoms with Crippen molar-refractivity contribution >= 4 is 18.0 Å². The summed E-state index contributed by atoms with van der Waals surface area (Å²) in [7, 11) is 0. The van der Waals surface area contributed by atoms with Crippen LogP contribution in [0.15, 0.2) is 24.3 Å². The smallest absolute Gasteiger partial charge is 0.407 e. The second kappa shape index (κ2) is 10.1. The Bertz CT molecular complexity index is 696. The lowest BCUT2D eigenvalue weighted by Crippen LogP contribution is -2.34. The number of hydrogen-bond acceptors (Lipinski definition) is 5. The molecule has 1 aliphatic rings. The Hall–Kier alpha value is -2.57. The summed E-state index contributed by atoms with van der Waals surface area (Å²) in [5, 5.41) is 5.52. The third-order valence-electron chi connectivity index (χ3n) is 4.29. The van der Waals surface area contributed by atoms with Crippen molar-refractivity contribution < 1.29 is 23.9 Å². The van der Waals surface area contributed by atoms with Crippen LogP contribution in [0.1, 0.15) is 63.6 Å². The number of ether oxygens (including phenoxy) is 2. The lowest BCUT2D eigenvalue weighted by molar-refractivity contribution is -0.148. The first kappa shape index (κ1) is 21.7. The molecule has 7 heteroatoms. The highest BCUT2D eigenvalue weighted by atomic mass is 16.6. The molecule has 0 aromatic heterocycles. The standard InChI is InChI=1S/C21H30N2O5/c1-21(2,3)28-20(26)22-13-7-12-19(25)27-14-18(24)23-17-11-6-9-15-8-4-5-10-16(15)17/h4-5,8,10,17H,6-7,9,11-14H2,1-3H3,(H,22,26)(H,23,24)/t17-/m0/s1. The van der Waals surface area contributed by atoms with E-state index in [1.165, 1.54) is 5.56 Å². The number of carbonyl (C=O) groups is 3. The Morgan fingerprint density at radius 1 is 1.18 bits per heavy atom. The maximum absolute atomic E-state index is 12.1. The summed E-state index contributed by atoms with van der Waals surface area (Å²) < 4.78 is 10.1. The van der Waals surface area contributed by atoms with Crippen molar-refractivity contribution in [3.8, 4) is 0 Å². The van der Waals surface area contributed by atoms with Crippen LogP contribution in [0.2, 0.25) is 0 Å². The van der Waals surface area contributed by atoms with E-state index in [-0.39, 0.29) is 25.0 Å². The molecule has 2 N–H and O–H groups in total. The summed E-state index contributed by atoms with van der Waals surface area (Å²) in [5.41, 5.74) is 1.84. The van der Waals surface area contributed by atoms with Gasteiger partial charge in [-0.05, 0) is 57.6 Å². The number of benzene rings is 1. The molecule has 154 valence electrons. The third kappa shape index (κ3) is 7.58. The van der Waals surface area contributed by atoms with Gasteiger partial charge in [-0.25, -0.2) is 4.79 Å². The predicted molar refractivity (Wildman–Crippen MR) is 105 cm³/mol. The largest absolute Gasteiger partial charge is 0.456 e. The molecule has 1 aromatic rings. The summed E-state index contributed by atoms with van der Waals surface area (Å²) in [6.07, 6.45) is 2.94. The van der Waals surface area contributed by atoms with E-state index in [0.29, 0.717) is 13.0 Å².